The van der Waals surface area contributed by atoms with Crippen LogP contribution >= 0.6 is 12.8 Å². The summed E-state index contributed by atoms with van der Waals surface area (Å²) in [6.45, 7) is 5.88. The second-order valence-electron chi connectivity index (χ2n) is 5.15. The zero-order valence-corrected chi connectivity index (χ0v) is 12.3. The minimum Gasteiger partial charge on any atom is -0.334 e. The van der Waals surface area contributed by atoms with Crippen molar-refractivity contribution in [2.75, 3.05) is 18.4 Å². The zero-order valence-electron chi connectivity index (χ0n) is 11.4. The lowest BCUT2D eigenvalue weighted by Crippen LogP contribution is -2.46. The van der Waals surface area contributed by atoms with Crippen LogP contribution in [0.2, 0.25) is 0 Å². The van der Waals surface area contributed by atoms with Crippen LogP contribution in [0.15, 0.2) is 18.2 Å². The number of hydrogen-bond donors (Lipinski definition) is 3. The molecule has 1 aliphatic rings. The number of hydrogen-bond acceptors (Lipinski definition) is 3. The van der Waals surface area contributed by atoms with Crippen molar-refractivity contribution in [2.24, 2.45) is 0 Å². The van der Waals surface area contributed by atoms with Crippen molar-refractivity contribution in [3.05, 3.63) is 29.3 Å². The SMILES string of the molecule is Cc1ccc(NC(=O)NC2CCCN(S)C2)cc1C. The monoisotopic (exact) mass is 279 g/mol. The van der Waals surface area contributed by atoms with Crippen molar-refractivity contribution < 1.29 is 4.79 Å². The summed E-state index contributed by atoms with van der Waals surface area (Å²) < 4.78 is 1.95. The average Bonchev–Trinajstić information content (AvgIpc) is 2.34. The molecule has 2 amide bonds. The third kappa shape index (κ3) is 4.14. The fourth-order valence-electron chi connectivity index (χ4n) is 2.25. The van der Waals surface area contributed by atoms with E-state index < -0.39 is 0 Å². The summed E-state index contributed by atoms with van der Waals surface area (Å²) in [5.41, 5.74) is 3.24. The van der Waals surface area contributed by atoms with E-state index >= 15 is 0 Å². The Morgan fingerprint density at radius 2 is 2.16 bits per heavy atom. The topological polar surface area (TPSA) is 44.4 Å². The number of carbonyl (C=O) groups is 1. The van der Waals surface area contributed by atoms with Crippen molar-refractivity contribution in [3.63, 3.8) is 0 Å². The Morgan fingerprint density at radius 3 is 2.84 bits per heavy atom. The van der Waals surface area contributed by atoms with Gasteiger partial charge < -0.3 is 10.6 Å². The number of nitrogens with zero attached hydrogens (tertiary/aromatic N) is 1. The molecule has 1 atom stereocenters. The summed E-state index contributed by atoms with van der Waals surface area (Å²) in [7, 11) is 0. The lowest BCUT2D eigenvalue weighted by atomic mass is 10.1. The lowest BCUT2D eigenvalue weighted by molar-refractivity contribution is 0.239. The first kappa shape index (κ1) is 14.2. The summed E-state index contributed by atoms with van der Waals surface area (Å²) in [5, 5.41) is 5.87. The van der Waals surface area contributed by atoms with E-state index in [0.29, 0.717) is 0 Å². The number of rotatable bonds is 2. The Bertz CT molecular complexity index is 464. The molecule has 1 aromatic rings. The molecule has 2 rings (SSSR count). The van der Waals surface area contributed by atoms with E-state index in [0.717, 1.165) is 31.6 Å². The molecule has 19 heavy (non-hydrogen) atoms. The molecule has 0 spiro atoms. The molecule has 0 saturated carbocycles. The number of carbonyl (C=O) groups excluding carboxylic acids is 1. The molecular weight excluding hydrogens is 258 g/mol. The number of amides is 2. The Labute approximate surface area is 120 Å². The smallest absolute Gasteiger partial charge is 0.319 e. The van der Waals surface area contributed by atoms with Crippen LogP contribution in [-0.4, -0.2) is 29.5 Å². The highest BCUT2D eigenvalue weighted by Crippen LogP contribution is 2.15. The van der Waals surface area contributed by atoms with E-state index in [-0.39, 0.29) is 12.1 Å². The van der Waals surface area contributed by atoms with E-state index in [4.69, 9.17) is 0 Å². The second-order valence-corrected chi connectivity index (χ2v) is 5.71. The Kier molecular flexibility index (Phi) is 4.71. The van der Waals surface area contributed by atoms with Gasteiger partial charge in [0.05, 0.1) is 0 Å². The molecule has 0 aliphatic carbocycles. The van der Waals surface area contributed by atoms with Crippen LogP contribution in [0.1, 0.15) is 24.0 Å². The number of benzene rings is 1. The van der Waals surface area contributed by atoms with Gasteiger partial charge in [-0.25, -0.2) is 4.79 Å². The number of nitrogens with one attached hydrogen (secondary N) is 2. The van der Waals surface area contributed by atoms with Gasteiger partial charge in [0.2, 0.25) is 0 Å². The number of aryl methyl sites for hydroxylation is 2. The summed E-state index contributed by atoms with van der Waals surface area (Å²) in [4.78, 5) is 11.9. The number of urea groups is 1. The summed E-state index contributed by atoms with van der Waals surface area (Å²) >= 11 is 4.33. The van der Waals surface area contributed by atoms with Crippen LogP contribution in [0.25, 0.3) is 0 Å². The van der Waals surface area contributed by atoms with Crippen molar-refractivity contribution >= 4 is 24.5 Å². The fraction of sp³-hybridized carbons (Fsp3) is 0.500. The first-order chi connectivity index (χ1) is 9.04. The molecule has 1 fully saturated rings. The van der Waals surface area contributed by atoms with Gasteiger partial charge in [-0.15, -0.1) is 0 Å². The first-order valence-electron chi connectivity index (χ1n) is 6.63. The van der Waals surface area contributed by atoms with Crippen LogP contribution in [0, 0.1) is 13.8 Å². The maximum Gasteiger partial charge on any atom is 0.319 e. The van der Waals surface area contributed by atoms with Gasteiger partial charge >= 0.3 is 6.03 Å². The summed E-state index contributed by atoms with van der Waals surface area (Å²) in [6.07, 6.45) is 2.08. The largest absolute Gasteiger partial charge is 0.334 e. The van der Waals surface area contributed by atoms with Gasteiger partial charge in [-0.3, -0.25) is 4.31 Å². The molecule has 104 valence electrons. The molecule has 2 N–H and O–H groups in total. The van der Waals surface area contributed by atoms with E-state index in [1.54, 1.807) is 0 Å². The maximum absolute atomic E-state index is 11.9. The quantitative estimate of drug-likeness (QED) is 0.729. The molecule has 0 aromatic heterocycles. The van der Waals surface area contributed by atoms with E-state index in [1.807, 2.05) is 29.4 Å². The first-order valence-corrected chi connectivity index (χ1v) is 7.03. The molecular formula is C14H21N3OS. The van der Waals surface area contributed by atoms with E-state index in [1.165, 1.54) is 11.1 Å². The van der Waals surface area contributed by atoms with Crippen LogP contribution in [0.3, 0.4) is 0 Å². The number of anilines is 1. The van der Waals surface area contributed by atoms with Crippen LogP contribution in [-0.2, 0) is 0 Å². The van der Waals surface area contributed by atoms with Gasteiger partial charge in [0.15, 0.2) is 0 Å². The highest BCUT2D eigenvalue weighted by atomic mass is 32.1. The van der Waals surface area contributed by atoms with Crippen LogP contribution < -0.4 is 10.6 Å². The minimum absolute atomic E-state index is 0.142. The third-order valence-corrected chi connectivity index (χ3v) is 3.86. The molecule has 5 heteroatoms. The molecule has 0 radical (unpaired) electrons. The predicted molar refractivity (Wildman–Crippen MR) is 81.7 cm³/mol. The third-order valence-electron chi connectivity index (χ3n) is 3.50. The second kappa shape index (κ2) is 6.30. The standard InChI is InChI=1S/C14H21N3OS/c1-10-5-6-12(8-11(10)2)15-14(18)16-13-4-3-7-17(19)9-13/h5-6,8,13,19H,3-4,7,9H2,1-2H3,(H2,15,16,18). The Hall–Kier alpha value is -1.20. The van der Waals surface area contributed by atoms with E-state index in [9.17, 15) is 4.79 Å². The zero-order chi connectivity index (χ0) is 13.8. The molecule has 1 aliphatic heterocycles. The lowest BCUT2D eigenvalue weighted by Gasteiger charge is -2.29. The van der Waals surface area contributed by atoms with Gasteiger partial charge in [0, 0.05) is 24.8 Å². The molecule has 1 aromatic carbocycles. The van der Waals surface area contributed by atoms with Gasteiger partial charge in [-0.2, -0.15) is 0 Å². The summed E-state index contributed by atoms with van der Waals surface area (Å²) in [6, 6.07) is 5.96. The van der Waals surface area contributed by atoms with Crippen molar-refractivity contribution in [2.45, 2.75) is 32.7 Å². The van der Waals surface area contributed by atoms with Crippen molar-refractivity contribution in [1.29, 1.82) is 0 Å². The molecule has 1 heterocycles. The fourth-order valence-corrected chi connectivity index (χ4v) is 2.59. The van der Waals surface area contributed by atoms with Crippen molar-refractivity contribution in [1.82, 2.24) is 9.62 Å². The van der Waals surface area contributed by atoms with Crippen LogP contribution in [0.4, 0.5) is 10.5 Å². The molecule has 0 bridgehead atoms. The van der Waals surface area contributed by atoms with Gasteiger partial charge in [-0.05, 0) is 49.9 Å². The van der Waals surface area contributed by atoms with Gasteiger partial charge in [0.25, 0.3) is 0 Å². The maximum atomic E-state index is 11.9. The number of piperidine rings is 1. The van der Waals surface area contributed by atoms with E-state index in [2.05, 4.69) is 30.4 Å². The molecule has 1 unspecified atom stereocenters. The average molecular weight is 279 g/mol. The van der Waals surface area contributed by atoms with Crippen molar-refractivity contribution in [3.8, 4) is 0 Å². The predicted octanol–water partition coefficient (Wildman–Crippen LogP) is 2.73. The minimum atomic E-state index is -0.142. The van der Waals surface area contributed by atoms with Gasteiger partial charge in [-0.1, -0.05) is 18.9 Å². The van der Waals surface area contributed by atoms with Crippen LogP contribution in [0.5, 0.6) is 0 Å². The summed E-state index contributed by atoms with van der Waals surface area (Å²) in [5.74, 6) is 0. The molecule has 4 nitrogen and oxygen atoms in total. The molecule has 1 saturated heterocycles. The number of thiol groups is 1. The van der Waals surface area contributed by atoms with Gasteiger partial charge in [0.1, 0.15) is 0 Å². The Morgan fingerprint density at radius 1 is 1.37 bits per heavy atom. The normalized spacial score (nSPS) is 20.1. The Balaban J connectivity index is 1.88. The highest BCUT2D eigenvalue weighted by Gasteiger charge is 2.19. The highest BCUT2D eigenvalue weighted by molar-refractivity contribution is 7.77.